The monoisotopic (exact) mass is 367 g/mol. The summed E-state index contributed by atoms with van der Waals surface area (Å²) in [4.78, 5) is 26.5. The maximum absolute atomic E-state index is 12.7. The van der Waals surface area contributed by atoms with Crippen LogP contribution in [0.3, 0.4) is 0 Å². The Labute approximate surface area is 159 Å². The van der Waals surface area contributed by atoms with Crippen molar-refractivity contribution in [3.8, 4) is 5.75 Å². The molecule has 142 valence electrons. The van der Waals surface area contributed by atoms with Crippen molar-refractivity contribution in [1.29, 1.82) is 0 Å². The Kier molecular flexibility index (Phi) is 5.64. The van der Waals surface area contributed by atoms with E-state index in [1.807, 2.05) is 31.2 Å². The largest absolute Gasteiger partial charge is 0.496 e. The summed E-state index contributed by atoms with van der Waals surface area (Å²) in [6.07, 6.45) is 2.42. The first-order chi connectivity index (χ1) is 13.0. The number of benzene rings is 2. The van der Waals surface area contributed by atoms with Crippen molar-refractivity contribution in [1.82, 2.24) is 0 Å². The SMILES string of the molecule is COc1ccc(C)cc1CC(=O)Nc1cc(C(N)=O)ccc1N1CCCC1. The standard InChI is InChI=1S/C21H25N3O3/c1-14-5-8-19(27-2)16(11-14)13-20(25)23-17-12-15(21(22)26)6-7-18(17)24-9-3-4-10-24/h5-8,11-12H,3-4,9-10,13H2,1-2H3,(H2,22,26)(H,23,25). The summed E-state index contributed by atoms with van der Waals surface area (Å²) in [6, 6.07) is 11.0. The predicted molar refractivity (Wildman–Crippen MR) is 106 cm³/mol. The van der Waals surface area contributed by atoms with Crippen LogP contribution in [0.25, 0.3) is 0 Å². The Hall–Kier alpha value is -3.02. The van der Waals surface area contributed by atoms with Gasteiger partial charge >= 0.3 is 0 Å². The van der Waals surface area contributed by atoms with E-state index < -0.39 is 5.91 Å². The fraction of sp³-hybridized carbons (Fsp3) is 0.333. The van der Waals surface area contributed by atoms with E-state index in [2.05, 4.69) is 10.2 Å². The molecule has 27 heavy (non-hydrogen) atoms. The lowest BCUT2D eigenvalue weighted by Crippen LogP contribution is -2.23. The van der Waals surface area contributed by atoms with Crippen LogP contribution in [0.4, 0.5) is 11.4 Å². The molecule has 1 heterocycles. The summed E-state index contributed by atoms with van der Waals surface area (Å²) in [5, 5.41) is 2.96. The number of ether oxygens (including phenoxy) is 1. The van der Waals surface area contributed by atoms with E-state index in [9.17, 15) is 9.59 Å². The van der Waals surface area contributed by atoms with E-state index in [1.165, 1.54) is 0 Å². The van der Waals surface area contributed by atoms with Gasteiger partial charge in [-0.15, -0.1) is 0 Å². The molecular weight excluding hydrogens is 342 g/mol. The average Bonchev–Trinajstić information content (AvgIpc) is 3.16. The van der Waals surface area contributed by atoms with Crippen molar-refractivity contribution >= 4 is 23.2 Å². The number of carbonyl (C=O) groups is 2. The van der Waals surface area contributed by atoms with E-state index in [0.717, 1.165) is 42.7 Å². The van der Waals surface area contributed by atoms with Gasteiger partial charge in [-0.3, -0.25) is 9.59 Å². The van der Waals surface area contributed by atoms with Gasteiger partial charge in [0.05, 0.1) is 24.9 Å². The van der Waals surface area contributed by atoms with E-state index in [-0.39, 0.29) is 12.3 Å². The average molecular weight is 367 g/mol. The third-order valence-corrected chi connectivity index (χ3v) is 4.79. The lowest BCUT2D eigenvalue weighted by Gasteiger charge is -2.22. The van der Waals surface area contributed by atoms with Gasteiger partial charge in [0.25, 0.3) is 0 Å². The minimum absolute atomic E-state index is 0.166. The number of amides is 2. The first-order valence-corrected chi connectivity index (χ1v) is 9.10. The molecule has 1 fully saturated rings. The zero-order chi connectivity index (χ0) is 19.4. The molecule has 1 aliphatic rings. The van der Waals surface area contributed by atoms with Gasteiger partial charge in [-0.25, -0.2) is 0 Å². The summed E-state index contributed by atoms with van der Waals surface area (Å²) in [6.45, 7) is 3.84. The molecule has 2 aromatic rings. The van der Waals surface area contributed by atoms with Crippen LogP contribution < -0.4 is 20.7 Å². The zero-order valence-corrected chi connectivity index (χ0v) is 15.7. The molecule has 0 aliphatic carbocycles. The number of nitrogens with two attached hydrogens (primary N) is 1. The fourth-order valence-corrected chi connectivity index (χ4v) is 3.44. The first kappa shape index (κ1) is 18.8. The van der Waals surface area contributed by atoms with Crippen molar-refractivity contribution < 1.29 is 14.3 Å². The van der Waals surface area contributed by atoms with Crippen LogP contribution in [0.5, 0.6) is 5.75 Å². The van der Waals surface area contributed by atoms with Gasteiger partial charge in [0, 0.05) is 24.2 Å². The van der Waals surface area contributed by atoms with E-state index in [0.29, 0.717) is 17.0 Å². The van der Waals surface area contributed by atoms with Crippen LogP contribution in [-0.4, -0.2) is 32.0 Å². The highest BCUT2D eigenvalue weighted by molar-refractivity contribution is 6.00. The topological polar surface area (TPSA) is 84.7 Å². The van der Waals surface area contributed by atoms with Gasteiger partial charge in [0.15, 0.2) is 0 Å². The maximum atomic E-state index is 12.7. The Balaban J connectivity index is 1.85. The molecule has 0 bridgehead atoms. The number of rotatable bonds is 6. The van der Waals surface area contributed by atoms with Gasteiger partial charge in [-0.1, -0.05) is 17.7 Å². The minimum atomic E-state index is -0.515. The molecule has 0 saturated carbocycles. The highest BCUT2D eigenvalue weighted by Gasteiger charge is 2.19. The van der Waals surface area contributed by atoms with Crippen molar-refractivity contribution in [2.45, 2.75) is 26.2 Å². The Morgan fingerprint density at radius 2 is 1.89 bits per heavy atom. The number of anilines is 2. The number of nitrogens with one attached hydrogen (secondary N) is 1. The van der Waals surface area contributed by atoms with Crippen molar-refractivity contribution in [3.05, 3.63) is 53.1 Å². The van der Waals surface area contributed by atoms with Crippen LogP contribution in [-0.2, 0) is 11.2 Å². The maximum Gasteiger partial charge on any atom is 0.248 e. The quantitative estimate of drug-likeness (QED) is 0.822. The zero-order valence-electron chi connectivity index (χ0n) is 15.7. The van der Waals surface area contributed by atoms with Crippen molar-refractivity contribution in [3.63, 3.8) is 0 Å². The number of hydrogen-bond acceptors (Lipinski definition) is 4. The number of aryl methyl sites for hydroxylation is 1. The smallest absolute Gasteiger partial charge is 0.248 e. The van der Waals surface area contributed by atoms with Crippen LogP contribution in [0.2, 0.25) is 0 Å². The summed E-state index contributed by atoms with van der Waals surface area (Å²) in [5.41, 5.74) is 9.21. The summed E-state index contributed by atoms with van der Waals surface area (Å²) in [7, 11) is 1.59. The summed E-state index contributed by atoms with van der Waals surface area (Å²) in [5.74, 6) is 0.00111. The molecule has 1 saturated heterocycles. The first-order valence-electron chi connectivity index (χ1n) is 9.10. The highest BCUT2D eigenvalue weighted by atomic mass is 16.5. The van der Waals surface area contributed by atoms with E-state index in [4.69, 9.17) is 10.5 Å². The molecule has 0 radical (unpaired) electrons. The molecule has 2 aromatic carbocycles. The normalized spacial score (nSPS) is 13.5. The van der Waals surface area contributed by atoms with Crippen LogP contribution >= 0.6 is 0 Å². The van der Waals surface area contributed by atoms with Gasteiger partial charge in [0.1, 0.15) is 5.75 Å². The second kappa shape index (κ2) is 8.12. The molecule has 3 rings (SSSR count). The van der Waals surface area contributed by atoms with Crippen molar-refractivity contribution in [2.24, 2.45) is 5.73 Å². The molecular formula is C21H25N3O3. The molecule has 1 aliphatic heterocycles. The van der Waals surface area contributed by atoms with Gasteiger partial charge < -0.3 is 20.7 Å². The Morgan fingerprint density at radius 1 is 1.15 bits per heavy atom. The van der Waals surface area contributed by atoms with Gasteiger partial charge in [-0.2, -0.15) is 0 Å². The van der Waals surface area contributed by atoms with Crippen LogP contribution in [0.1, 0.15) is 34.3 Å². The molecule has 2 amide bonds. The number of methoxy groups -OCH3 is 1. The van der Waals surface area contributed by atoms with E-state index >= 15 is 0 Å². The number of hydrogen-bond donors (Lipinski definition) is 2. The molecule has 3 N–H and O–H groups in total. The second-order valence-electron chi connectivity index (χ2n) is 6.83. The Morgan fingerprint density at radius 3 is 2.56 bits per heavy atom. The van der Waals surface area contributed by atoms with Gasteiger partial charge in [0.2, 0.25) is 11.8 Å². The number of carbonyl (C=O) groups excluding carboxylic acids is 2. The molecule has 6 heteroatoms. The van der Waals surface area contributed by atoms with Crippen LogP contribution in [0.15, 0.2) is 36.4 Å². The van der Waals surface area contributed by atoms with Gasteiger partial charge in [-0.05, 0) is 44.0 Å². The molecule has 0 unspecified atom stereocenters. The lowest BCUT2D eigenvalue weighted by molar-refractivity contribution is -0.115. The molecule has 0 spiro atoms. The number of nitrogens with zero attached hydrogens (tertiary/aromatic N) is 1. The summed E-state index contributed by atoms with van der Waals surface area (Å²) >= 11 is 0. The Bertz CT molecular complexity index is 858. The third-order valence-electron chi connectivity index (χ3n) is 4.79. The number of primary amides is 1. The fourth-order valence-electron chi connectivity index (χ4n) is 3.44. The molecule has 0 atom stereocenters. The lowest BCUT2D eigenvalue weighted by atomic mass is 10.1. The second-order valence-corrected chi connectivity index (χ2v) is 6.83. The molecule has 0 aromatic heterocycles. The highest BCUT2D eigenvalue weighted by Crippen LogP contribution is 2.30. The third kappa shape index (κ3) is 4.39. The predicted octanol–water partition coefficient (Wildman–Crippen LogP) is 2.88. The van der Waals surface area contributed by atoms with E-state index in [1.54, 1.807) is 19.2 Å². The van der Waals surface area contributed by atoms with Crippen molar-refractivity contribution in [2.75, 3.05) is 30.4 Å². The minimum Gasteiger partial charge on any atom is -0.496 e. The summed E-state index contributed by atoms with van der Waals surface area (Å²) < 4.78 is 5.36. The molecule has 6 nitrogen and oxygen atoms in total. The van der Waals surface area contributed by atoms with Crippen LogP contribution in [0, 0.1) is 6.92 Å².